The van der Waals surface area contributed by atoms with Crippen molar-refractivity contribution in [3.8, 4) is 0 Å². The average molecular weight is 232 g/mol. The van der Waals surface area contributed by atoms with E-state index in [9.17, 15) is 4.79 Å². The highest BCUT2D eigenvalue weighted by Gasteiger charge is 2.09. The number of rotatable bonds is 4. The highest BCUT2D eigenvalue weighted by Crippen LogP contribution is 2.24. The summed E-state index contributed by atoms with van der Waals surface area (Å²) in [5.41, 5.74) is 3.09. The van der Waals surface area contributed by atoms with E-state index in [1.54, 1.807) is 0 Å². The van der Waals surface area contributed by atoms with Gasteiger partial charge in [-0.25, -0.2) is 0 Å². The molecule has 17 heavy (non-hydrogen) atoms. The molecule has 90 valence electrons. The number of fused-ring (bicyclic) bond motifs is 1. The zero-order chi connectivity index (χ0) is 12.4. The lowest BCUT2D eigenvalue weighted by molar-refractivity contribution is -0.136. The Morgan fingerprint density at radius 1 is 1.47 bits per heavy atom. The van der Waals surface area contributed by atoms with Crippen LogP contribution in [0.2, 0.25) is 0 Å². The summed E-state index contributed by atoms with van der Waals surface area (Å²) in [5.74, 6) is -0.379. The fourth-order valence-corrected chi connectivity index (χ4v) is 1.92. The highest BCUT2D eigenvalue weighted by atomic mass is 16.4. The van der Waals surface area contributed by atoms with Crippen LogP contribution in [-0.2, 0) is 11.2 Å². The van der Waals surface area contributed by atoms with Crippen molar-refractivity contribution < 1.29 is 9.90 Å². The van der Waals surface area contributed by atoms with Crippen molar-refractivity contribution in [1.82, 2.24) is 10.2 Å². The van der Waals surface area contributed by atoms with Crippen LogP contribution in [0.3, 0.4) is 0 Å². The maximum absolute atomic E-state index is 10.5. The first-order valence-electron chi connectivity index (χ1n) is 5.76. The largest absolute Gasteiger partial charge is 0.481 e. The number of hydrogen-bond donors (Lipinski definition) is 2. The van der Waals surface area contributed by atoms with Crippen LogP contribution in [0.25, 0.3) is 10.9 Å². The maximum Gasteiger partial charge on any atom is 0.303 e. The van der Waals surface area contributed by atoms with Crippen molar-refractivity contribution in [3.63, 3.8) is 0 Å². The van der Waals surface area contributed by atoms with Gasteiger partial charge in [0.25, 0.3) is 0 Å². The molecule has 2 rings (SSSR count). The summed E-state index contributed by atoms with van der Waals surface area (Å²) in [7, 11) is 0. The molecule has 1 aromatic carbocycles. The van der Waals surface area contributed by atoms with E-state index in [4.69, 9.17) is 5.11 Å². The van der Waals surface area contributed by atoms with Crippen LogP contribution in [0.5, 0.6) is 0 Å². The quantitative estimate of drug-likeness (QED) is 0.851. The zero-order valence-corrected chi connectivity index (χ0v) is 10.0. The van der Waals surface area contributed by atoms with Crippen molar-refractivity contribution in [2.24, 2.45) is 0 Å². The van der Waals surface area contributed by atoms with Gasteiger partial charge in [0.1, 0.15) is 0 Å². The van der Waals surface area contributed by atoms with Crippen LogP contribution in [-0.4, -0.2) is 21.3 Å². The van der Waals surface area contributed by atoms with Crippen LogP contribution in [0, 0.1) is 0 Å². The van der Waals surface area contributed by atoms with Gasteiger partial charge in [0.15, 0.2) is 0 Å². The second-order valence-electron chi connectivity index (χ2n) is 4.54. The number of aromatic nitrogens is 2. The molecule has 2 aromatic rings. The number of carboxylic acid groups (broad SMARTS) is 1. The van der Waals surface area contributed by atoms with Gasteiger partial charge in [0, 0.05) is 17.5 Å². The Hall–Kier alpha value is -1.84. The van der Waals surface area contributed by atoms with E-state index in [0.29, 0.717) is 12.3 Å². The third-order valence-corrected chi connectivity index (χ3v) is 2.85. The summed E-state index contributed by atoms with van der Waals surface area (Å²) in [5, 5.41) is 17.0. The monoisotopic (exact) mass is 232 g/mol. The summed E-state index contributed by atoms with van der Waals surface area (Å²) < 4.78 is 0. The van der Waals surface area contributed by atoms with Crippen LogP contribution in [0.1, 0.15) is 37.4 Å². The van der Waals surface area contributed by atoms with Crippen molar-refractivity contribution in [2.75, 3.05) is 0 Å². The fraction of sp³-hybridized carbons (Fsp3) is 0.385. The molecule has 0 fully saturated rings. The number of aromatic amines is 1. The Morgan fingerprint density at radius 3 is 2.88 bits per heavy atom. The minimum Gasteiger partial charge on any atom is -0.481 e. The fourth-order valence-electron chi connectivity index (χ4n) is 1.92. The van der Waals surface area contributed by atoms with E-state index < -0.39 is 5.97 Å². The summed E-state index contributed by atoms with van der Waals surface area (Å²) in [4.78, 5) is 10.5. The molecule has 2 N–H and O–H groups in total. The first-order chi connectivity index (χ1) is 8.08. The smallest absolute Gasteiger partial charge is 0.303 e. The van der Waals surface area contributed by atoms with Crippen LogP contribution >= 0.6 is 0 Å². The molecular weight excluding hydrogens is 216 g/mol. The number of carbonyl (C=O) groups is 1. The lowest BCUT2D eigenvalue weighted by Crippen LogP contribution is -1.97. The van der Waals surface area contributed by atoms with E-state index in [-0.39, 0.29) is 6.42 Å². The molecule has 0 atom stereocenters. The number of hydrogen-bond acceptors (Lipinski definition) is 2. The molecule has 0 radical (unpaired) electrons. The second kappa shape index (κ2) is 4.57. The number of nitrogens with one attached hydrogen (secondary N) is 1. The van der Waals surface area contributed by atoms with Crippen molar-refractivity contribution >= 4 is 16.9 Å². The number of benzene rings is 1. The molecule has 0 saturated carbocycles. The maximum atomic E-state index is 10.5. The third kappa shape index (κ3) is 2.46. The van der Waals surface area contributed by atoms with E-state index in [0.717, 1.165) is 22.2 Å². The average Bonchev–Trinajstić information content (AvgIpc) is 2.69. The zero-order valence-electron chi connectivity index (χ0n) is 10.0. The van der Waals surface area contributed by atoms with Gasteiger partial charge in [-0.05, 0) is 30.0 Å². The first-order valence-corrected chi connectivity index (χ1v) is 5.76. The van der Waals surface area contributed by atoms with Crippen LogP contribution in [0.15, 0.2) is 18.2 Å². The van der Waals surface area contributed by atoms with Gasteiger partial charge >= 0.3 is 5.97 Å². The van der Waals surface area contributed by atoms with E-state index >= 15 is 0 Å². The van der Waals surface area contributed by atoms with E-state index in [2.05, 4.69) is 24.0 Å². The third-order valence-electron chi connectivity index (χ3n) is 2.85. The SMILES string of the molecule is CC(C)c1[nH]nc2ccc(CCC(=O)O)cc12. The number of aryl methyl sites for hydroxylation is 1. The summed E-state index contributed by atoms with van der Waals surface area (Å²) in [6, 6.07) is 5.92. The van der Waals surface area contributed by atoms with Crippen molar-refractivity contribution in [2.45, 2.75) is 32.6 Å². The van der Waals surface area contributed by atoms with Gasteiger partial charge in [0.2, 0.25) is 0 Å². The molecule has 0 spiro atoms. The number of aliphatic carboxylic acids is 1. The number of nitrogens with zero attached hydrogens (tertiary/aromatic N) is 1. The normalized spacial score (nSPS) is 11.2. The lowest BCUT2D eigenvalue weighted by Gasteiger charge is -2.03. The minimum absolute atomic E-state index is 0.167. The molecule has 0 bridgehead atoms. The van der Waals surface area contributed by atoms with Gasteiger partial charge in [-0.2, -0.15) is 5.10 Å². The number of H-pyrrole nitrogens is 1. The minimum atomic E-state index is -0.763. The second-order valence-corrected chi connectivity index (χ2v) is 4.54. The molecule has 0 saturated heterocycles. The summed E-state index contributed by atoms with van der Waals surface area (Å²) in [6.07, 6.45) is 0.731. The Labute approximate surface area is 99.7 Å². The molecule has 0 aliphatic heterocycles. The predicted octanol–water partition coefficient (Wildman–Crippen LogP) is 2.70. The topological polar surface area (TPSA) is 66.0 Å². The molecule has 0 aliphatic rings. The molecule has 0 aliphatic carbocycles. The molecule has 1 aromatic heterocycles. The van der Waals surface area contributed by atoms with Crippen LogP contribution in [0.4, 0.5) is 0 Å². The van der Waals surface area contributed by atoms with E-state index in [1.807, 2.05) is 18.2 Å². The predicted molar refractivity (Wildman–Crippen MR) is 66.1 cm³/mol. The summed E-state index contributed by atoms with van der Waals surface area (Å²) in [6.45, 7) is 4.22. The standard InChI is InChI=1S/C13H16N2O2/c1-8(2)13-10-7-9(4-6-12(16)17)3-5-11(10)14-15-13/h3,5,7-8H,4,6H2,1-2H3,(H,14,15)(H,16,17). The highest BCUT2D eigenvalue weighted by molar-refractivity contribution is 5.82. The van der Waals surface area contributed by atoms with Gasteiger partial charge in [-0.1, -0.05) is 19.9 Å². The molecule has 0 unspecified atom stereocenters. The first kappa shape index (κ1) is 11.6. The van der Waals surface area contributed by atoms with Gasteiger partial charge in [-0.15, -0.1) is 0 Å². The van der Waals surface area contributed by atoms with Gasteiger partial charge < -0.3 is 5.11 Å². The number of carboxylic acids is 1. The molecule has 0 amide bonds. The Kier molecular flexibility index (Phi) is 3.13. The Balaban J connectivity index is 2.34. The Bertz CT molecular complexity index is 543. The lowest BCUT2D eigenvalue weighted by atomic mass is 10.0. The van der Waals surface area contributed by atoms with Crippen molar-refractivity contribution in [1.29, 1.82) is 0 Å². The van der Waals surface area contributed by atoms with Gasteiger partial charge in [0.05, 0.1) is 5.52 Å². The molecule has 4 heteroatoms. The molecule has 1 heterocycles. The van der Waals surface area contributed by atoms with Crippen LogP contribution < -0.4 is 0 Å². The van der Waals surface area contributed by atoms with E-state index in [1.165, 1.54) is 0 Å². The summed E-state index contributed by atoms with van der Waals surface area (Å²) >= 11 is 0. The molecule has 4 nitrogen and oxygen atoms in total. The Morgan fingerprint density at radius 2 is 2.24 bits per heavy atom. The van der Waals surface area contributed by atoms with Gasteiger partial charge in [-0.3, -0.25) is 9.89 Å². The molecular formula is C13H16N2O2. The van der Waals surface area contributed by atoms with Crippen molar-refractivity contribution in [3.05, 3.63) is 29.5 Å².